The van der Waals surface area contributed by atoms with Crippen molar-refractivity contribution in [3.63, 3.8) is 0 Å². The number of hydrogen-bond donors (Lipinski definition) is 2. The van der Waals surface area contributed by atoms with Gasteiger partial charge in [-0.2, -0.15) is 5.26 Å². The van der Waals surface area contributed by atoms with Gasteiger partial charge in [0.25, 0.3) is 5.91 Å². The molecule has 0 bridgehead atoms. The molecular formula is C19H18BrN3O. The van der Waals surface area contributed by atoms with Crippen molar-refractivity contribution in [3.05, 3.63) is 69.8 Å². The number of carbonyl (C=O) groups is 1. The van der Waals surface area contributed by atoms with Crippen LogP contribution in [0.15, 0.2) is 58.7 Å². The molecule has 0 aliphatic carbocycles. The highest BCUT2D eigenvalue weighted by atomic mass is 79.9. The number of benzene rings is 2. The molecule has 2 aromatic rings. The van der Waals surface area contributed by atoms with Crippen LogP contribution in [0.25, 0.3) is 0 Å². The van der Waals surface area contributed by atoms with Gasteiger partial charge in [0.15, 0.2) is 0 Å². The van der Waals surface area contributed by atoms with E-state index in [1.54, 1.807) is 0 Å². The summed E-state index contributed by atoms with van der Waals surface area (Å²) in [7, 11) is 0. The van der Waals surface area contributed by atoms with Crippen molar-refractivity contribution in [2.45, 2.75) is 20.3 Å². The predicted octanol–water partition coefficient (Wildman–Crippen LogP) is 4.78. The molecule has 0 heterocycles. The van der Waals surface area contributed by atoms with Crippen LogP contribution in [0.5, 0.6) is 0 Å². The molecule has 0 aliphatic rings. The minimum Gasteiger partial charge on any atom is -0.359 e. The summed E-state index contributed by atoms with van der Waals surface area (Å²) in [6.07, 6.45) is 2.22. The lowest BCUT2D eigenvalue weighted by Gasteiger charge is -2.12. The lowest BCUT2D eigenvalue weighted by molar-refractivity contribution is -0.112. The molecule has 2 rings (SSSR count). The summed E-state index contributed by atoms with van der Waals surface area (Å²) in [6.45, 7) is 3.96. The zero-order valence-corrected chi connectivity index (χ0v) is 15.1. The fourth-order valence-electron chi connectivity index (χ4n) is 2.26. The summed E-state index contributed by atoms with van der Waals surface area (Å²) < 4.78 is 0.853. The summed E-state index contributed by atoms with van der Waals surface area (Å²) in [4.78, 5) is 12.4. The van der Waals surface area contributed by atoms with Gasteiger partial charge in [0.2, 0.25) is 0 Å². The van der Waals surface area contributed by atoms with Crippen molar-refractivity contribution in [1.82, 2.24) is 0 Å². The van der Waals surface area contributed by atoms with E-state index in [2.05, 4.69) is 26.6 Å². The average molecular weight is 384 g/mol. The van der Waals surface area contributed by atoms with E-state index in [0.717, 1.165) is 33.4 Å². The van der Waals surface area contributed by atoms with Gasteiger partial charge in [-0.1, -0.05) is 37.3 Å². The fourth-order valence-corrected chi connectivity index (χ4v) is 2.66. The van der Waals surface area contributed by atoms with E-state index < -0.39 is 5.91 Å². The second kappa shape index (κ2) is 8.32. The Morgan fingerprint density at radius 2 is 2.00 bits per heavy atom. The minimum atomic E-state index is -0.430. The Hall–Kier alpha value is -2.58. The van der Waals surface area contributed by atoms with Crippen LogP contribution < -0.4 is 10.6 Å². The van der Waals surface area contributed by atoms with E-state index in [1.165, 1.54) is 6.20 Å². The second-order valence-corrected chi connectivity index (χ2v) is 6.07. The molecule has 0 radical (unpaired) electrons. The van der Waals surface area contributed by atoms with Gasteiger partial charge in [-0.25, -0.2) is 0 Å². The number of aryl methyl sites for hydroxylation is 2. The lowest BCUT2D eigenvalue weighted by Crippen LogP contribution is -2.16. The van der Waals surface area contributed by atoms with Crippen LogP contribution >= 0.6 is 15.9 Å². The third kappa shape index (κ3) is 4.24. The number of rotatable bonds is 5. The molecule has 122 valence electrons. The first kappa shape index (κ1) is 17.8. The van der Waals surface area contributed by atoms with Crippen LogP contribution in [0.2, 0.25) is 0 Å². The maximum absolute atomic E-state index is 12.4. The number of anilines is 2. The van der Waals surface area contributed by atoms with Crippen LogP contribution in [0.3, 0.4) is 0 Å². The Morgan fingerprint density at radius 3 is 2.67 bits per heavy atom. The number of nitriles is 1. The largest absolute Gasteiger partial charge is 0.359 e. The van der Waals surface area contributed by atoms with Crippen molar-refractivity contribution in [2.75, 3.05) is 10.6 Å². The van der Waals surface area contributed by atoms with Crippen molar-refractivity contribution in [2.24, 2.45) is 0 Å². The van der Waals surface area contributed by atoms with E-state index >= 15 is 0 Å². The van der Waals surface area contributed by atoms with Gasteiger partial charge < -0.3 is 10.6 Å². The zero-order chi connectivity index (χ0) is 17.5. The Labute approximate surface area is 150 Å². The van der Waals surface area contributed by atoms with Crippen LogP contribution in [0.4, 0.5) is 11.4 Å². The third-order valence-electron chi connectivity index (χ3n) is 3.59. The van der Waals surface area contributed by atoms with E-state index in [4.69, 9.17) is 0 Å². The fraction of sp³-hybridized carbons (Fsp3) is 0.158. The molecule has 5 heteroatoms. The second-order valence-electron chi connectivity index (χ2n) is 5.21. The molecule has 1 amide bonds. The smallest absolute Gasteiger partial charge is 0.267 e. The highest BCUT2D eigenvalue weighted by molar-refractivity contribution is 9.10. The van der Waals surface area contributed by atoms with Gasteiger partial charge in [-0.3, -0.25) is 4.79 Å². The maximum atomic E-state index is 12.4. The molecule has 0 saturated heterocycles. The normalized spacial score (nSPS) is 10.8. The molecule has 0 fully saturated rings. The van der Waals surface area contributed by atoms with E-state index in [-0.39, 0.29) is 5.57 Å². The van der Waals surface area contributed by atoms with Crippen molar-refractivity contribution >= 4 is 33.2 Å². The Balaban J connectivity index is 2.20. The van der Waals surface area contributed by atoms with E-state index in [9.17, 15) is 10.1 Å². The first-order valence-electron chi connectivity index (χ1n) is 7.58. The van der Waals surface area contributed by atoms with Gasteiger partial charge in [-0.15, -0.1) is 0 Å². The topological polar surface area (TPSA) is 64.9 Å². The Bertz CT molecular complexity index is 822. The third-order valence-corrected chi connectivity index (χ3v) is 4.28. The highest BCUT2D eigenvalue weighted by Crippen LogP contribution is 2.23. The molecule has 2 aromatic carbocycles. The quantitative estimate of drug-likeness (QED) is 0.576. The molecule has 24 heavy (non-hydrogen) atoms. The SMILES string of the molecule is CCc1cccc(C)c1NC(=O)/C(C#N)=C\Nc1ccccc1Br. The van der Waals surface area contributed by atoms with Crippen LogP contribution in [0, 0.1) is 18.3 Å². The summed E-state index contributed by atoms with van der Waals surface area (Å²) in [5, 5.41) is 15.1. The van der Waals surface area contributed by atoms with Crippen molar-refractivity contribution in [1.29, 1.82) is 5.26 Å². The Kier molecular flexibility index (Phi) is 6.16. The van der Waals surface area contributed by atoms with Gasteiger partial charge >= 0.3 is 0 Å². The molecule has 0 aromatic heterocycles. The zero-order valence-electron chi connectivity index (χ0n) is 13.6. The van der Waals surface area contributed by atoms with Crippen LogP contribution in [-0.2, 0) is 11.2 Å². The summed E-state index contributed by atoms with van der Waals surface area (Å²) in [6, 6.07) is 15.3. The monoisotopic (exact) mass is 383 g/mol. The number of halogens is 1. The molecule has 0 spiro atoms. The molecule has 0 saturated carbocycles. The molecular weight excluding hydrogens is 366 g/mol. The van der Waals surface area contributed by atoms with E-state index in [1.807, 2.05) is 62.4 Å². The average Bonchev–Trinajstić information content (AvgIpc) is 2.58. The predicted molar refractivity (Wildman–Crippen MR) is 101 cm³/mol. The lowest BCUT2D eigenvalue weighted by atomic mass is 10.1. The number of amides is 1. The number of hydrogen-bond acceptors (Lipinski definition) is 3. The summed E-state index contributed by atoms with van der Waals surface area (Å²) in [5.74, 6) is -0.430. The Morgan fingerprint density at radius 1 is 1.25 bits per heavy atom. The standard InChI is InChI=1S/C19H18BrN3O/c1-3-14-8-6-7-13(2)18(14)23-19(24)15(11-21)12-22-17-10-5-4-9-16(17)20/h4-10,12,22H,3H2,1-2H3,(H,23,24)/b15-12-. The minimum absolute atomic E-state index is 0.0102. The number of nitrogens with zero attached hydrogens (tertiary/aromatic N) is 1. The number of carbonyl (C=O) groups excluding carboxylic acids is 1. The van der Waals surface area contributed by atoms with Gasteiger partial charge in [0.1, 0.15) is 11.6 Å². The first-order chi connectivity index (χ1) is 11.6. The van der Waals surface area contributed by atoms with E-state index in [0.29, 0.717) is 0 Å². The molecule has 0 atom stereocenters. The van der Waals surface area contributed by atoms with Crippen molar-refractivity contribution < 1.29 is 4.79 Å². The van der Waals surface area contributed by atoms with Gasteiger partial charge in [0.05, 0.1) is 5.69 Å². The summed E-state index contributed by atoms with van der Waals surface area (Å²) >= 11 is 3.41. The first-order valence-corrected chi connectivity index (χ1v) is 8.37. The molecule has 0 aliphatic heterocycles. The highest BCUT2D eigenvalue weighted by Gasteiger charge is 2.13. The van der Waals surface area contributed by atoms with Gasteiger partial charge in [0, 0.05) is 16.4 Å². The van der Waals surface area contributed by atoms with Gasteiger partial charge in [-0.05, 0) is 52.5 Å². The summed E-state index contributed by atoms with van der Waals surface area (Å²) in [5.41, 5.74) is 3.57. The molecule has 0 unspecified atom stereocenters. The number of nitrogens with one attached hydrogen (secondary N) is 2. The van der Waals surface area contributed by atoms with Crippen LogP contribution in [0.1, 0.15) is 18.1 Å². The van der Waals surface area contributed by atoms with Crippen molar-refractivity contribution in [3.8, 4) is 6.07 Å². The molecule has 2 N–H and O–H groups in total. The molecule has 4 nitrogen and oxygen atoms in total. The number of para-hydroxylation sites is 2. The maximum Gasteiger partial charge on any atom is 0.267 e. The van der Waals surface area contributed by atoms with Crippen LogP contribution in [-0.4, -0.2) is 5.91 Å².